The number of carbonyl (C=O) groups excluding carboxylic acids is 2. The lowest BCUT2D eigenvalue weighted by Crippen LogP contribution is -2.41. The predicted octanol–water partition coefficient (Wildman–Crippen LogP) is 4.15. The minimum Gasteiger partial charge on any atom is -0.478 e. The van der Waals surface area contributed by atoms with Crippen LogP contribution in [0.15, 0.2) is 48.5 Å². The second kappa shape index (κ2) is 10.1. The van der Waals surface area contributed by atoms with Crippen molar-refractivity contribution in [2.45, 2.75) is 33.8 Å². The third kappa shape index (κ3) is 6.16. The van der Waals surface area contributed by atoms with Crippen LogP contribution < -0.4 is 0 Å². The number of hydrogen-bond acceptors (Lipinski definition) is 6. The van der Waals surface area contributed by atoms with Gasteiger partial charge in [0.15, 0.2) is 0 Å². The van der Waals surface area contributed by atoms with Crippen LogP contribution in [0.25, 0.3) is 0 Å². The summed E-state index contributed by atoms with van der Waals surface area (Å²) in [7, 11) is 0. The van der Waals surface area contributed by atoms with Crippen molar-refractivity contribution in [2.75, 3.05) is 6.61 Å². The first-order chi connectivity index (χ1) is 14.9. The van der Waals surface area contributed by atoms with Crippen LogP contribution >= 0.6 is 0 Å². The lowest BCUT2D eigenvalue weighted by atomic mass is 9.81. The number of ether oxygens (including phenoxy) is 2. The van der Waals surface area contributed by atoms with Gasteiger partial charge in [-0.3, -0.25) is 0 Å². The molecule has 170 valence electrons. The molecule has 0 aliphatic heterocycles. The number of hydrogen-bond donors (Lipinski definition) is 2. The lowest BCUT2D eigenvalue weighted by Gasteiger charge is -2.36. The molecule has 0 bridgehead atoms. The highest BCUT2D eigenvalue weighted by atomic mass is 16.6. The SMILES string of the molecule is CC(C)C(OC(=O)c1ccc(C(=O)O)cc1)C(C)(C)COC(=O)c1cccc(C(=O)O)c1. The van der Waals surface area contributed by atoms with Gasteiger partial charge >= 0.3 is 23.9 Å². The van der Waals surface area contributed by atoms with Crippen molar-refractivity contribution < 1.29 is 38.9 Å². The summed E-state index contributed by atoms with van der Waals surface area (Å²) < 4.78 is 11.1. The highest BCUT2D eigenvalue weighted by Crippen LogP contribution is 2.30. The van der Waals surface area contributed by atoms with Gasteiger partial charge in [-0.2, -0.15) is 0 Å². The standard InChI is InChI=1S/C24H26O8/c1-14(2)19(32-23(30)16-10-8-15(9-11-16)20(25)26)24(3,4)13-31-22(29)18-7-5-6-17(12-18)21(27)28/h5-12,14,19H,13H2,1-4H3,(H,25,26)(H,27,28). The van der Waals surface area contributed by atoms with Gasteiger partial charge in [-0.25, -0.2) is 19.2 Å². The predicted molar refractivity (Wildman–Crippen MR) is 115 cm³/mol. The van der Waals surface area contributed by atoms with E-state index in [1.807, 2.05) is 13.8 Å². The van der Waals surface area contributed by atoms with Crippen molar-refractivity contribution in [2.24, 2.45) is 11.3 Å². The number of carbonyl (C=O) groups is 4. The van der Waals surface area contributed by atoms with E-state index in [2.05, 4.69) is 0 Å². The molecule has 1 unspecified atom stereocenters. The van der Waals surface area contributed by atoms with Gasteiger partial charge in [0, 0.05) is 5.41 Å². The molecule has 0 aliphatic carbocycles. The minimum absolute atomic E-state index is 0.0263. The van der Waals surface area contributed by atoms with Crippen LogP contribution in [0.3, 0.4) is 0 Å². The van der Waals surface area contributed by atoms with Crippen molar-refractivity contribution in [3.63, 3.8) is 0 Å². The summed E-state index contributed by atoms with van der Waals surface area (Å²) in [4.78, 5) is 47.1. The maximum Gasteiger partial charge on any atom is 0.338 e. The summed E-state index contributed by atoms with van der Waals surface area (Å²) >= 11 is 0. The van der Waals surface area contributed by atoms with E-state index in [-0.39, 0.29) is 34.8 Å². The fraction of sp³-hybridized carbons (Fsp3) is 0.333. The zero-order chi connectivity index (χ0) is 24.1. The fourth-order valence-corrected chi connectivity index (χ4v) is 3.33. The Hall–Kier alpha value is -3.68. The van der Waals surface area contributed by atoms with Gasteiger partial charge in [0.05, 0.1) is 22.3 Å². The molecule has 2 aromatic carbocycles. The second-order valence-corrected chi connectivity index (χ2v) is 8.40. The molecule has 0 spiro atoms. The Morgan fingerprint density at radius 2 is 1.34 bits per heavy atom. The lowest BCUT2D eigenvalue weighted by molar-refractivity contribution is -0.0524. The summed E-state index contributed by atoms with van der Waals surface area (Å²) in [5, 5.41) is 18.1. The maximum absolute atomic E-state index is 12.6. The van der Waals surface area contributed by atoms with Gasteiger partial charge in [0.25, 0.3) is 0 Å². The van der Waals surface area contributed by atoms with E-state index in [1.165, 1.54) is 48.5 Å². The number of carboxylic acid groups (broad SMARTS) is 2. The number of benzene rings is 2. The summed E-state index contributed by atoms with van der Waals surface area (Å²) in [6, 6.07) is 10.9. The maximum atomic E-state index is 12.6. The molecule has 2 aromatic rings. The molecular weight excluding hydrogens is 416 g/mol. The average Bonchev–Trinajstić information content (AvgIpc) is 2.75. The molecule has 0 amide bonds. The number of esters is 2. The molecule has 0 fully saturated rings. The topological polar surface area (TPSA) is 127 Å². The third-order valence-electron chi connectivity index (χ3n) is 4.90. The zero-order valence-corrected chi connectivity index (χ0v) is 18.3. The van der Waals surface area contributed by atoms with Crippen LogP contribution in [0.4, 0.5) is 0 Å². The molecule has 0 saturated heterocycles. The van der Waals surface area contributed by atoms with Crippen LogP contribution in [0.1, 0.15) is 69.1 Å². The van der Waals surface area contributed by atoms with E-state index in [4.69, 9.17) is 19.7 Å². The summed E-state index contributed by atoms with van der Waals surface area (Å²) in [6.07, 6.45) is -0.618. The molecule has 0 aliphatic rings. The van der Waals surface area contributed by atoms with E-state index in [0.29, 0.717) is 0 Å². The van der Waals surface area contributed by atoms with E-state index >= 15 is 0 Å². The normalized spacial score (nSPS) is 12.2. The van der Waals surface area contributed by atoms with Gasteiger partial charge in [-0.1, -0.05) is 33.8 Å². The molecule has 0 radical (unpaired) electrons. The first-order valence-electron chi connectivity index (χ1n) is 9.97. The van der Waals surface area contributed by atoms with E-state index < -0.39 is 35.4 Å². The highest BCUT2D eigenvalue weighted by Gasteiger charge is 2.37. The number of aromatic carboxylic acids is 2. The molecule has 32 heavy (non-hydrogen) atoms. The number of carboxylic acids is 2. The molecule has 0 saturated carbocycles. The molecule has 0 aromatic heterocycles. The van der Waals surface area contributed by atoms with E-state index in [0.717, 1.165) is 0 Å². The Kier molecular flexibility index (Phi) is 7.75. The van der Waals surface area contributed by atoms with Crippen LogP contribution in [-0.2, 0) is 9.47 Å². The molecular formula is C24H26O8. The Bertz CT molecular complexity index is 1000. The van der Waals surface area contributed by atoms with E-state index in [1.54, 1.807) is 13.8 Å². The number of rotatable bonds is 9. The Balaban J connectivity index is 2.10. The van der Waals surface area contributed by atoms with Gasteiger partial charge in [0.1, 0.15) is 12.7 Å². The third-order valence-corrected chi connectivity index (χ3v) is 4.90. The van der Waals surface area contributed by atoms with Crippen molar-refractivity contribution >= 4 is 23.9 Å². The van der Waals surface area contributed by atoms with Gasteiger partial charge in [-0.05, 0) is 48.4 Å². The molecule has 0 heterocycles. The minimum atomic E-state index is -1.15. The summed E-state index contributed by atoms with van der Waals surface area (Å²) in [5.41, 5.74) is -0.413. The van der Waals surface area contributed by atoms with E-state index in [9.17, 15) is 19.2 Å². The van der Waals surface area contributed by atoms with Crippen molar-refractivity contribution in [3.05, 3.63) is 70.8 Å². The molecule has 2 rings (SSSR count). The Labute approximate surface area is 185 Å². The highest BCUT2D eigenvalue weighted by molar-refractivity contribution is 5.94. The Morgan fingerprint density at radius 1 is 0.812 bits per heavy atom. The largest absolute Gasteiger partial charge is 0.478 e. The van der Waals surface area contributed by atoms with Crippen molar-refractivity contribution in [1.29, 1.82) is 0 Å². The molecule has 1 atom stereocenters. The average molecular weight is 442 g/mol. The van der Waals surface area contributed by atoms with Crippen molar-refractivity contribution in [3.8, 4) is 0 Å². The van der Waals surface area contributed by atoms with Crippen LogP contribution in [-0.4, -0.2) is 46.8 Å². The quantitative estimate of drug-likeness (QED) is 0.555. The van der Waals surface area contributed by atoms with Crippen LogP contribution in [0.2, 0.25) is 0 Å². The monoisotopic (exact) mass is 442 g/mol. The first-order valence-corrected chi connectivity index (χ1v) is 9.97. The van der Waals surface area contributed by atoms with Crippen LogP contribution in [0, 0.1) is 11.3 Å². The second-order valence-electron chi connectivity index (χ2n) is 8.40. The van der Waals surface area contributed by atoms with Crippen molar-refractivity contribution in [1.82, 2.24) is 0 Å². The smallest absolute Gasteiger partial charge is 0.338 e. The fourth-order valence-electron chi connectivity index (χ4n) is 3.33. The van der Waals surface area contributed by atoms with Crippen LogP contribution in [0.5, 0.6) is 0 Å². The van der Waals surface area contributed by atoms with Gasteiger partial charge < -0.3 is 19.7 Å². The molecule has 8 nitrogen and oxygen atoms in total. The molecule has 8 heteroatoms. The zero-order valence-electron chi connectivity index (χ0n) is 18.3. The summed E-state index contributed by atoms with van der Waals surface area (Å²) in [6.45, 7) is 7.24. The van der Waals surface area contributed by atoms with Gasteiger partial charge in [-0.15, -0.1) is 0 Å². The van der Waals surface area contributed by atoms with Gasteiger partial charge in [0.2, 0.25) is 0 Å². The molecule has 2 N–H and O–H groups in total. The summed E-state index contributed by atoms with van der Waals surface area (Å²) in [5.74, 6) is -3.65. The Morgan fingerprint density at radius 3 is 1.88 bits per heavy atom. The first kappa shape index (κ1) is 24.6.